The molecular weight excluding hydrogens is 448 g/mol. The number of benzene rings is 2. The molecule has 0 bridgehead atoms. The first-order chi connectivity index (χ1) is 13.5. The van der Waals surface area contributed by atoms with Gasteiger partial charge >= 0.3 is 5.97 Å². The van der Waals surface area contributed by atoms with E-state index in [0.717, 1.165) is 0 Å². The normalized spacial score (nSPS) is 10.8. The number of amides is 1. The van der Waals surface area contributed by atoms with Crippen LogP contribution in [0.2, 0.25) is 5.02 Å². The van der Waals surface area contributed by atoms with Gasteiger partial charge in [0.2, 0.25) is 0 Å². The summed E-state index contributed by atoms with van der Waals surface area (Å²) in [7, 11) is 1.65. The standard InChI is InChI=1S/C19H14BrClN4O3/c1-25-17(15(20)11-23-25)18(26)24-22-10-13-4-2-3-5-16(13)28-19(27)12-6-8-14(21)9-7-12/h2-11H,1H3,(H,24,26)/b22-10+. The molecule has 1 aromatic heterocycles. The van der Waals surface area contributed by atoms with Gasteiger partial charge in [0, 0.05) is 17.6 Å². The molecule has 0 aliphatic rings. The quantitative estimate of drug-likeness (QED) is 0.271. The Hall–Kier alpha value is -2.97. The van der Waals surface area contributed by atoms with Gasteiger partial charge in [-0.3, -0.25) is 9.48 Å². The van der Waals surface area contributed by atoms with Crippen LogP contribution in [0.5, 0.6) is 5.75 Å². The summed E-state index contributed by atoms with van der Waals surface area (Å²) in [6.07, 6.45) is 2.91. The minimum Gasteiger partial charge on any atom is -0.422 e. The van der Waals surface area contributed by atoms with Crippen molar-refractivity contribution in [3.63, 3.8) is 0 Å². The molecule has 1 heterocycles. The fourth-order valence-corrected chi connectivity index (χ4v) is 2.96. The first-order valence-corrected chi connectivity index (χ1v) is 9.20. The Balaban J connectivity index is 1.71. The summed E-state index contributed by atoms with van der Waals surface area (Å²) in [6.45, 7) is 0. The number of aromatic nitrogens is 2. The molecule has 0 aliphatic heterocycles. The molecule has 0 saturated heterocycles. The van der Waals surface area contributed by atoms with E-state index in [1.165, 1.54) is 17.1 Å². The smallest absolute Gasteiger partial charge is 0.343 e. The summed E-state index contributed by atoms with van der Waals surface area (Å²) in [5.74, 6) is -0.652. The molecule has 0 saturated carbocycles. The highest BCUT2D eigenvalue weighted by molar-refractivity contribution is 9.10. The van der Waals surface area contributed by atoms with E-state index in [4.69, 9.17) is 16.3 Å². The average molecular weight is 462 g/mol. The number of esters is 1. The van der Waals surface area contributed by atoms with Crippen LogP contribution in [-0.4, -0.2) is 27.9 Å². The van der Waals surface area contributed by atoms with Crippen LogP contribution in [0, 0.1) is 0 Å². The zero-order chi connectivity index (χ0) is 20.1. The molecule has 28 heavy (non-hydrogen) atoms. The SMILES string of the molecule is Cn1ncc(Br)c1C(=O)N/N=C/c1ccccc1OC(=O)c1ccc(Cl)cc1. The number of ether oxygens (including phenoxy) is 1. The number of hydrogen-bond acceptors (Lipinski definition) is 5. The largest absolute Gasteiger partial charge is 0.422 e. The van der Waals surface area contributed by atoms with Gasteiger partial charge in [0.25, 0.3) is 5.91 Å². The van der Waals surface area contributed by atoms with Crippen molar-refractivity contribution in [2.24, 2.45) is 12.1 Å². The number of nitrogens with zero attached hydrogens (tertiary/aromatic N) is 3. The van der Waals surface area contributed by atoms with Crippen LogP contribution in [0.4, 0.5) is 0 Å². The molecule has 1 N–H and O–H groups in total. The second kappa shape index (κ2) is 8.81. The molecule has 3 aromatic rings. The Morgan fingerprint density at radius 1 is 1.21 bits per heavy atom. The van der Waals surface area contributed by atoms with Crippen molar-refractivity contribution in [2.75, 3.05) is 0 Å². The molecule has 0 radical (unpaired) electrons. The fraction of sp³-hybridized carbons (Fsp3) is 0.0526. The Bertz CT molecular complexity index is 1030. The van der Waals surface area contributed by atoms with Crippen LogP contribution in [0.25, 0.3) is 0 Å². The second-order valence-electron chi connectivity index (χ2n) is 5.60. The number of carbonyl (C=O) groups is 2. The molecule has 0 fully saturated rings. The van der Waals surface area contributed by atoms with Crippen LogP contribution in [-0.2, 0) is 7.05 Å². The van der Waals surface area contributed by atoms with Crippen molar-refractivity contribution >= 4 is 45.6 Å². The predicted octanol–water partition coefficient (Wildman–Crippen LogP) is 3.82. The van der Waals surface area contributed by atoms with E-state index >= 15 is 0 Å². The van der Waals surface area contributed by atoms with E-state index in [0.29, 0.717) is 32.1 Å². The number of rotatable bonds is 5. The number of hydrogen-bond donors (Lipinski definition) is 1. The molecule has 9 heteroatoms. The molecule has 0 aliphatic carbocycles. The molecule has 0 unspecified atom stereocenters. The van der Waals surface area contributed by atoms with Gasteiger partial charge in [-0.15, -0.1) is 0 Å². The van der Waals surface area contributed by atoms with Gasteiger partial charge in [-0.1, -0.05) is 23.7 Å². The van der Waals surface area contributed by atoms with Crippen LogP contribution in [0.3, 0.4) is 0 Å². The maximum Gasteiger partial charge on any atom is 0.343 e. The Morgan fingerprint density at radius 3 is 2.61 bits per heavy atom. The van der Waals surface area contributed by atoms with Gasteiger partial charge in [0.1, 0.15) is 11.4 Å². The van der Waals surface area contributed by atoms with Crippen molar-refractivity contribution in [2.45, 2.75) is 0 Å². The lowest BCUT2D eigenvalue weighted by Crippen LogP contribution is -2.21. The zero-order valence-electron chi connectivity index (χ0n) is 14.6. The molecule has 0 atom stereocenters. The number of carbonyl (C=O) groups excluding carboxylic acids is 2. The zero-order valence-corrected chi connectivity index (χ0v) is 16.9. The highest BCUT2D eigenvalue weighted by Crippen LogP contribution is 2.19. The predicted molar refractivity (Wildman–Crippen MR) is 109 cm³/mol. The topological polar surface area (TPSA) is 85.6 Å². The Kier molecular flexibility index (Phi) is 6.23. The van der Waals surface area contributed by atoms with Crippen molar-refractivity contribution in [1.82, 2.24) is 15.2 Å². The van der Waals surface area contributed by atoms with Crippen molar-refractivity contribution in [3.05, 3.63) is 81.0 Å². The number of aryl methyl sites for hydroxylation is 1. The minimum absolute atomic E-state index is 0.308. The van der Waals surface area contributed by atoms with E-state index in [1.54, 1.807) is 55.6 Å². The van der Waals surface area contributed by atoms with Crippen LogP contribution in [0.15, 0.2) is 64.3 Å². The third-order valence-electron chi connectivity index (χ3n) is 3.68. The highest BCUT2D eigenvalue weighted by Gasteiger charge is 2.15. The summed E-state index contributed by atoms with van der Waals surface area (Å²) in [5, 5.41) is 8.44. The molecule has 3 rings (SSSR count). The monoisotopic (exact) mass is 460 g/mol. The van der Waals surface area contributed by atoms with Crippen LogP contribution < -0.4 is 10.2 Å². The first kappa shape index (κ1) is 19.8. The van der Waals surface area contributed by atoms with Crippen molar-refractivity contribution in [3.8, 4) is 5.75 Å². The minimum atomic E-state index is -0.527. The maximum atomic E-state index is 12.3. The van der Waals surface area contributed by atoms with Crippen molar-refractivity contribution in [1.29, 1.82) is 0 Å². The van der Waals surface area contributed by atoms with E-state index in [-0.39, 0.29) is 0 Å². The van der Waals surface area contributed by atoms with Gasteiger partial charge in [0.05, 0.1) is 22.4 Å². The molecular formula is C19H14BrClN4O3. The first-order valence-electron chi connectivity index (χ1n) is 8.03. The highest BCUT2D eigenvalue weighted by atomic mass is 79.9. The Morgan fingerprint density at radius 2 is 1.93 bits per heavy atom. The van der Waals surface area contributed by atoms with E-state index in [1.807, 2.05) is 0 Å². The average Bonchev–Trinajstić information content (AvgIpc) is 3.02. The summed E-state index contributed by atoms with van der Waals surface area (Å²) < 4.78 is 7.41. The molecule has 0 spiro atoms. The van der Waals surface area contributed by atoms with Crippen molar-refractivity contribution < 1.29 is 14.3 Å². The molecule has 2 aromatic carbocycles. The Labute approximate surface area is 174 Å². The van der Waals surface area contributed by atoms with Gasteiger partial charge in [-0.25, -0.2) is 10.2 Å². The van der Waals surface area contributed by atoms with Gasteiger partial charge in [-0.2, -0.15) is 10.2 Å². The maximum absolute atomic E-state index is 12.3. The molecule has 1 amide bonds. The van der Waals surface area contributed by atoms with E-state index in [2.05, 4.69) is 31.6 Å². The third kappa shape index (κ3) is 4.65. The second-order valence-corrected chi connectivity index (χ2v) is 6.89. The van der Waals surface area contributed by atoms with Gasteiger partial charge in [-0.05, 0) is 52.3 Å². The molecule has 142 valence electrons. The lowest BCUT2D eigenvalue weighted by molar-refractivity contribution is 0.0734. The number of para-hydroxylation sites is 1. The van der Waals surface area contributed by atoms with Gasteiger partial charge < -0.3 is 4.74 Å². The van der Waals surface area contributed by atoms with E-state index in [9.17, 15) is 9.59 Å². The van der Waals surface area contributed by atoms with Gasteiger partial charge in [0.15, 0.2) is 0 Å². The third-order valence-corrected chi connectivity index (χ3v) is 4.51. The summed E-state index contributed by atoms with van der Waals surface area (Å²) in [6, 6.07) is 13.2. The summed E-state index contributed by atoms with van der Waals surface area (Å²) >= 11 is 9.09. The number of halogens is 2. The lowest BCUT2D eigenvalue weighted by Gasteiger charge is -2.07. The van der Waals surface area contributed by atoms with Crippen LogP contribution >= 0.6 is 27.5 Å². The van der Waals surface area contributed by atoms with E-state index < -0.39 is 11.9 Å². The fourth-order valence-electron chi connectivity index (χ4n) is 2.30. The summed E-state index contributed by atoms with van der Waals surface area (Å²) in [5.41, 5.74) is 3.64. The number of hydrazone groups is 1. The summed E-state index contributed by atoms with van der Waals surface area (Å²) in [4.78, 5) is 24.5. The molecule has 7 nitrogen and oxygen atoms in total. The van der Waals surface area contributed by atoms with Crippen LogP contribution in [0.1, 0.15) is 26.4 Å². The lowest BCUT2D eigenvalue weighted by atomic mass is 10.2. The number of nitrogens with one attached hydrogen (secondary N) is 1.